The Hall–Kier alpha value is -1.99. The molecule has 1 amide bonds. The number of nitrogens with zero attached hydrogens (tertiary/aromatic N) is 3. The highest BCUT2D eigenvalue weighted by molar-refractivity contribution is 5.70. The normalized spacial score (nSPS) is 24.0. The SMILES string of the molecule is COC(OC)C1CCN(c2cc(N3C4CCC3CN(C(=O)OC(C)(C)C)C4)ccc2C)CC1. The largest absolute Gasteiger partial charge is 0.444 e. The van der Waals surface area contributed by atoms with E-state index < -0.39 is 5.60 Å². The van der Waals surface area contributed by atoms with E-state index in [1.165, 1.54) is 16.9 Å². The van der Waals surface area contributed by atoms with E-state index in [0.29, 0.717) is 18.0 Å². The van der Waals surface area contributed by atoms with Gasteiger partial charge in [-0.25, -0.2) is 4.79 Å². The van der Waals surface area contributed by atoms with Crippen molar-refractivity contribution in [3.05, 3.63) is 23.8 Å². The average molecular weight is 460 g/mol. The number of rotatable bonds is 5. The van der Waals surface area contributed by atoms with E-state index in [0.717, 1.165) is 51.9 Å². The van der Waals surface area contributed by atoms with Crippen LogP contribution in [-0.4, -0.2) is 75.4 Å². The average Bonchev–Trinajstić information content (AvgIpc) is 3.03. The molecule has 0 spiro atoms. The van der Waals surface area contributed by atoms with Gasteiger partial charge in [0, 0.05) is 69.8 Å². The number of hydrogen-bond acceptors (Lipinski definition) is 6. The van der Waals surface area contributed by atoms with Crippen molar-refractivity contribution in [1.29, 1.82) is 0 Å². The predicted molar refractivity (Wildman–Crippen MR) is 131 cm³/mol. The van der Waals surface area contributed by atoms with E-state index in [9.17, 15) is 4.79 Å². The van der Waals surface area contributed by atoms with Gasteiger partial charge in [0.15, 0.2) is 6.29 Å². The number of carbonyl (C=O) groups excluding carboxylic acids is 1. The zero-order valence-corrected chi connectivity index (χ0v) is 21.2. The van der Waals surface area contributed by atoms with Gasteiger partial charge in [-0.1, -0.05) is 6.07 Å². The second-order valence-electron chi connectivity index (χ2n) is 10.8. The van der Waals surface area contributed by atoms with E-state index in [-0.39, 0.29) is 12.4 Å². The second kappa shape index (κ2) is 9.71. The van der Waals surface area contributed by atoms with Crippen LogP contribution in [0.15, 0.2) is 18.2 Å². The van der Waals surface area contributed by atoms with Crippen LogP contribution < -0.4 is 9.80 Å². The highest BCUT2D eigenvalue weighted by Crippen LogP contribution is 2.38. The molecule has 7 nitrogen and oxygen atoms in total. The number of hydrogen-bond donors (Lipinski definition) is 0. The van der Waals surface area contributed by atoms with Gasteiger partial charge >= 0.3 is 6.09 Å². The van der Waals surface area contributed by atoms with E-state index in [1.807, 2.05) is 25.7 Å². The molecule has 1 aromatic carbocycles. The zero-order valence-electron chi connectivity index (χ0n) is 21.2. The van der Waals surface area contributed by atoms with Crippen molar-refractivity contribution in [2.45, 2.75) is 77.4 Å². The fourth-order valence-corrected chi connectivity index (χ4v) is 5.79. The summed E-state index contributed by atoms with van der Waals surface area (Å²) in [6.45, 7) is 11.5. The highest BCUT2D eigenvalue weighted by Gasteiger charge is 2.42. The number of ether oxygens (including phenoxy) is 3. The van der Waals surface area contributed by atoms with Crippen molar-refractivity contribution < 1.29 is 19.0 Å². The smallest absolute Gasteiger partial charge is 0.410 e. The van der Waals surface area contributed by atoms with Crippen LogP contribution in [0.25, 0.3) is 0 Å². The molecule has 0 aliphatic carbocycles. The van der Waals surface area contributed by atoms with E-state index >= 15 is 0 Å². The predicted octanol–water partition coefficient (Wildman–Crippen LogP) is 4.42. The van der Waals surface area contributed by atoms with Gasteiger partial charge < -0.3 is 28.9 Å². The maximum Gasteiger partial charge on any atom is 0.410 e. The van der Waals surface area contributed by atoms with Gasteiger partial charge in [0.25, 0.3) is 0 Å². The molecule has 1 aromatic rings. The summed E-state index contributed by atoms with van der Waals surface area (Å²) < 4.78 is 16.6. The minimum absolute atomic E-state index is 0.114. The topological polar surface area (TPSA) is 54.5 Å². The molecular formula is C26H41N3O4. The summed E-state index contributed by atoms with van der Waals surface area (Å²) in [7, 11) is 3.45. The van der Waals surface area contributed by atoms with Crippen LogP contribution >= 0.6 is 0 Å². The van der Waals surface area contributed by atoms with Crippen molar-refractivity contribution in [3.63, 3.8) is 0 Å². The Bertz CT molecular complexity index is 813. The lowest BCUT2D eigenvalue weighted by molar-refractivity contribution is -0.141. The van der Waals surface area contributed by atoms with Crippen LogP contribution in [0.1, 0.15) is 52.0 Å². The molecule has 3 fully saturated rings. The van der Waals surface area contributed by atoms with Gasteiger partial charge in [-0.15, -0.1) is 0 Å². The van der Waals surface area contributed by atoms with Gasteiger partial charge in [-0.3, -0.25) is 0 Å². The Labute approximate surface area is 198 Å². The molecule has 3 aliphatic rings. The van der Waals surface area contributed by atoms with Crippen molar-refractivity contribution in [2.24, 2.45) is 5.92 Å². The van der Waals surface area contributed by atoms with Crippen molar-refractivity contribution >= 4 is 17.5 Å². The Morgan fingerprint density at radius 3 is 2.15 bits per heavy atom. The number of anilines is 2. The van der Waals surface area contributed by atoms with Gasteiger partial charge in [0.2, 0.25) is 0 Å². The third kappa shape index (κ3) is 5.24. The van der Waals surface area contributed by atoms with E-state index in [4.69, 9.17) is 14.2 Å². The molecule has 7 heteroatoms. The number of benzene rings is 1. The summed E-state index contributed by atoms with van der Waals surface area (Å²) in [5.41, 5.74) is 3.46. The minimum Gasteiger partial charge on any atom is -0.444 e. The molecule has 0 radical (unpaired) electrons. The molecular weight excluding hydrogens is 418 g/mol. The summed E-state index contributed by atoms with van der Waals surface area (Å²) in [6, 6.07) is 7.58. The third-order valence-corrected chi connectivity index (χ3v) is 7.35. The van der Waals surface area contributed by atoms with Crippen LogP contribution in [0.3, 0.4) is 0 Å². The summed E-state index contributed by atoms with van der Waals surface area (Å²) >= 11 is 0. The first kappa shape index (κ1) is 24.1. The van der Waals surface area contributed by atoms with Crippen LogP contribution in [0.2, 0.25) is 0 Å². The molecule has 33 heavy (non-hydrogen) atoms. The number of piperidine rings is 1. The second-order valence-corrected chi connectivity index (χ2v) is 10.8. The highest BCUT2D eigenvalue weighted by atomic mass is 16.7. The standard InChI is InChI=1S/C26H41N3O4/c1-18-7-8-20(15-23(18)27-13-11-19(12-14-27)24(31-5)32-6)29-21-9-10-22(29)17-28(16-21)25(30)33-26(2,3)4/h7-8,15,19,21-22,24H,9-14,16-17H2,1-6H3. The summed E-state index contributed by atoms with van der Waals surface area (Å²) in [6.07, 6.45) is 4.07. The first-order chi connectivity index (χ1) is 15.7. The van der Waals surface area contributed by atoms with Gasteiger partial charge in [-0.2, -0.15) is 0 Å². The van der Waals surface area contributed by atoms with Gasteiger partial charge in [-0.05, 0) is 71.1 Å². The molecule has 4 rings (SSSR count). The van der Waals surface area contributed by atoms with Crippen molar-refractivity contribution in [2.75, 3.05) is 50.2 Å². The lowest BCUT2D eigenvalue weighted by Gasteiger charge is -2.43. The number of amides is 1. The first-order valence-electron chi connectivity index (χ1n) is 12.4. The third-order valence-electron chi connectivity index (χ3n) is 7.35. The molecule has 3 aliphatic heterocycles. The molecule has 2 atom stereocenters. The number of methoxy groups -OCH3 is 2. The van der Waals surface area contributed by atoms with Gasteiger partial charge in [0.1, 0.15) is 5.60 Å². The van der Waals surface area contributed by atoms with Crippen LogP contribution in [-0.2, 0) is 14.2 Å². The fraction of sp³-hybridized carbons (Fsp3) is 0.731. The molecule has 0 saturated carbocycles. The molecule has 0 aromatic heterocycles. The molecule has 2 unspecified atom stereocenters. The number of likely N-dealkylation sites (tertiary alicyclic amines) is 1. The van der Waals surface area contributed by atoms with Crippen molar-refractivity contribution in [3.8, 4) is 0 Å². The summed E-state index contributed by atoms with van der Waals surface area (Å²) in [5.74, 6) is 0.441. The Balaban J connectivity index is 1.45. The molecule has 0 N–H and O–H groups in total. The maximum atomic E-state index is 12.7. The van der Waals surface area contributed by atoms with E-state index in [2.05, 4.69) is 34.9 Å². The molecule has 184 valence electrons. The Kier molecular flexibility index (Phi) is 7.10. The number of aryl methyl sites for hydroxylation is 1. The monoisotopic (exact) mass is 459 g/mol. The van der Waals surface area contributed by atoms with E-state index in [1.54, 1.807) is 14.2 Å². The lowest BCUT2D eigenvalue weighted by Crippen LogP contribution is -2.56. The fourth-order valence-electron chi connectivity index (χ4n) is 5.79. The maximum absolute atomic E-state index is 12.7. The number of carbonyl (C=O) groups is 1. The van der Waals surface area contributed by atoms with Gasteiger partial charge in [0.05, 0.1) is 0 Å². The Morgan fingerprint density at radius 2 is 1.61 bits per heavy atom. The quantitative estimate of drug-likeness (QED) is 0.608. The number of piperazine rings is 1. The zero-order chi connectivity index (χ0) is 23.8. The lowest BCUT2D eigenvalue weighted by atomic mass is 9.95. The van der Waals surface area contributed by atoms with Crippen molar-refractivity contribution in [1.82, 2.24) is 4.90 Å². The molecule has 2 bridgehead atoms. The summed E-state index contributed by atoms with van der Waals surface area (Å²) in [5, 5.41) is 0. The van der Waals surface area contributed by atoms with Crippen LogP contribution in [0.5, 0.6) is 0 Å². The molecule has 3 saturated heterocycles. The summed E-state index contributed by atoms with van der Waals surface area (Å²) in [4.78, 5) is 19.6. The molecule has 3 heterocycles. The first-order valence-corrected chi connectivity index (χ1v) is 12.4. The van der Waals surface area contributed by atoms with Crippen LogP contribution in [0.4, 0.5) is 16.2 Å². The van der Waals surface area contributed by atoms with Crippen LogP contribution in [0, 0.1) is 12.8 Å². The number of fused-ring (bicyclic) bond motifs is 2. The Morgan fingerprint density at radius 1 is 1.00 bits per heavy atom. The minimum atomic E-state index is -0.459.